The smallest absolute Gasteiger partial charge is 0.389 e. The van der Waals surface area contributed by atoms with Gasteiger partial charge in [-0.2, -0.15) is 13.2 Å². The summed E-state index contributed by atoms with van der Waals surface area (Å²) in [6.07, 6.45) is -2.68. The summed E-state index contributed by atoms with van der Waals surface area (Å²) in [6, 6.07) is 0.715. The summed E-state index contributed by atoms with van der Waals surface area (Å²) in [7, 11) is -2.81. The summed E-state index contributed by atoms with van der Waals surface area (Å²) in [5.74, 6) is 0. The van der Waals surface area contributed by atoms with E-state index in [0.717, 1.165) is 12.8 Å². The van der Waals surface area contributed by atoms with Crippen molar-refractivity contribution in [2.45, 2.75) is 70.3 Å². The Labute approximate surface area is 126 Å². The largest absolute Gasteiger partial charge is 0.393 e. The highest BCUT2D eigenvalue weighted by molar-refractivity contribution is 6.70. The summed E-state index contributed by atoms with van der Waals surface area (Å²) < 4.78 is 56.0. The summed E-state index contributed by atoms with van der Waals surface area (Å²) in [4.78, 5) is 0. The van der Waals surface area contributed by atoms with Gasteiger partial charge >= 0.3 is 14.7 Å². The Kier molecular flexibility index (Phi) is 7.16. The molecule has 7 heteroatoms. The van der Waals surface area contributed by atoms with Gasteiger partial charge in [-0.15, -0.1) is 0 Å². The predicted molar refractivity (Wildman–Crippen MR) is 77.3 cm³/mol. The van der Waals surface area contributed by atoms with Crippen molar-refractivity contribution in [1.82, 2.24) is 0 Å². The molecule has 1 unspecified atom stereocenters. The lowest BCUT2D eigenvalue weighted by Gasteiger charge is -2.49. The number of alkyl halides is 3. The van der Waals surface area contributed by atoms with Crippen LogP contribution in [0.2, 0.25) is 6.04 Å². The molecule has 0 spiro atoms. The SMILES string of the molecule is CCOC1(CCC(F)(F)F)CCCC[Si]1(OCC)OCC. The van der Waals surface area contributed by atoms with E-state index in [-0.39, 0.29) is 6.42 Å². The first kappa shape index (κ1) is 18.9. The molecule has 3 nitrogen and oxygen atoms in total. The fourth-order valence-electron chi connectivity index (χ4n) is 3.29. The molecular weight excluding hydrogens is 301 g/mol. The minimum atomic E-state index is -4.18. The van der Waals surface area contributed by atoms with Crippen molar-refractivity contribution < 1.29 is 26.8 Å². The van der Waals surface area contributed by atoms with E-state index in [4.69, 9.17) is 13.6 Å². The maximum atomic E-state index is 12.7. The lowest BCUT2D eigenvalue weighted by atomic mass is 10.1. The highest BCUT2D eigenvalue weighted by atomic mass is 28.4. The molecule has 1 rings (SSSR count). The van der Waals surface area contributed by atoms with Crippen LogP contribution >= 0.6 is 0 Å². The van der Waals surface area contributed by atoms with E-state index in [1.54, 1.807) is 0 Å². The summed E-state index contributed by atoms with van der Waals surface area (Å²) in [5.41, 5.74) is 0. The maximum Gasteiger partial charge on any atom is 0.389 e. The van der Waals surface area contributed by atoms with Crippen LogP contribution in [0, 0.1) is 0 Å². The molecule has 1 aliphatic heterocycles. The van der Waals surface area contributed by atoms with Crippen LogP contribution in [-0.4, -0.2) is 39.8 Å². The molecule has 0 amide bonds. The molecule has 21 heavy (non-hydrogen) atoms. The highest BCUT2D eigenvalue weighted by Crippen LogP contribution is 2.45. The van der Waals surface area contributed by atoms with E-state index < -0.39 is 26.4 Å². The molecule has 126 valence electrons. The monoisotopic (exact) mass is 328 g/mol. The molecule has 1 fully saturated rings. The molecule has 0 radical (unpaired) electrons. The lowest BCUT2D eigenvalue weighted by Crippen LogP contribution is -2.66. The molecule has 0 bridgehead atoms. The summed E-state index contributed by atoms with van der Waals surface area (Å²) >= 11 is 0. The second-order valence-corrected chi connectivity index (χ2v) is 8.86. The van der Waals surface area contributed by atoms with E-state index in [0.29, 0.717) is 32.3 Å². The molecule has 0 N–H and O–H groups in total. The number of ether oxygens (including phenoxy) is 1. The molecule has 0 aliphatic carbocycles. The Bertz CT molecular complexity index is 297. The second kappa shape index (κ2) is 7.94. The first-order valence-electron chi connectivity index (χ1n) is 7.83. The number of hydrogen-bond acceptors (Lipinski definition) is 3. The van der Waals surface area contributed by atoms with Gasteiger partial charge in [-0.25, -0.2) is 0 Å². The Balaban J connectivity index is 3.06. The van der Waals surface area contributed by atoms with E-state index in [1.807, 2.05) is 20.8 Å². The van der Waals surface area contributed by atoms with Crippen molar-refractivity contribution in [2.75, 3.05) is 19.8 Å². The van der Waals surface area contributed by atoms with Crippen LogP contribution in [0.1, 0.15) is 52.9 Å². The third-order valence-electron chi connectivity index (χ3n) is 4.02. The zero-order valence-corrected chi connectivity index (χ0v) is 14.2. The first-order chi connectivity index (χ1) is 9.85. The van der Waals surface area contributed by atoms with Gasteiger partial charge in [-0.05, 0) is 39.7 Å². The van der Waals surface area contributed by atoms with Crippen LogP contribution in [0.4, 0.5) is 13.2 Å². The fraction of sp³-hybridized carbons (Fsp3) is 1.00. The lowest BCUT2D eigenvalue weighted by molar-refractivity contribution is -0.149. The molecule has 0 aromatic carbocycles. The number of rotatable bonds is 8. The molecule has 1 aliphatic rings. The van der Waals surface area contributed by atoms with Crippen LogP contribution < -0.4 is 0 Å². The Morgan fingerprint density at radius 3 is 2.10 bits per heavy atom. The van der Waals surface area contributed by atoms with Crippen molar-refractivity contribution in [2.24, 2.45) is 0 Å². The van der Waals surface area contributed by atoms with Crippen LogP contribution in [0.3, 0.4) is 0 Å². The predicted octanol–water partition coefficient (Wildman–Crippen LogP) is 4.34. The highest BCUT2D eigenvalue weighted by Gasteiger charge is 2.60. The van der Waals surface area contributed by atoms with Gasteiger partial charge in [-0.1, -0.05) is 12.8 Å². The Hall–Kier alpha value is -0.113. The Morgan fingerprint density at radius 1 is 1.00 bits per heavy atom. The van der Waals surface area contributed by atoms with Gasteiger partial charge < -0.3 is 13.6 Å². The quantitative estimate of drug-likeness (QED) is 0.620. The van der Waals surface area contributed by atoms with E-state index in [1.165, 1.54) is 0 Å². The minimum absolute atomic E-state index is 0.0590. The van der Waals surface area contributed by atoms with Gasteiger partial charge in [0.05, 0.1) is 0 Å². The van der Waals surface area contributed by atoms with Gasteiger partial charge in [0.15, 0.2) is 0 Å². The average molecular weight is 328 g/mol. The van der Waals surface area contributed by atoms with E-state index in [2.05, 4.69) is 0 Å². The van der Waals surface area contributed by atoms with Gasteiger partial charge in [0.25, 0.3) is 0 Å². The molecule has 0 aromatic rings. The van der Waals surface area contributed by atoms with Gasteiger partial charge in [0.2, 0.25) is 0 Å². The van der Waals surface area contributed by atoms with Gasteiger partial charge in [0, 0.05) is 26.2 Å². The fourth-order valence-corrected chi connectivity index (χ4v) is 7.72. The molecule has 0 saturated carbocycles. The average Bonchev–Trinajstić information content (AvgIpc) is 2.40. The molecule has 0 aromatic heterocycles. The second-order valence-electron chi connectivity index (χ2n) is 5.37. The van der Waals surface area contributed by atoms with Crippen molar-refractivity contribution in [1.29, 1.82) is 0 Å². The van der Waals surface area contributed by atoms with Crippen molar-refractivity contribution in [3.05, 3.63) is 0 Å². The zero-order chi connectivity index (χ0) is 16.0. The molecule has 1 heterocycles. The first-order valence-corrected chi connectivity index (χ1v) is 9.85. The van der Waals surface area contributed by atoms with Crippen LogP contribution in [-0.2, 0) is 13.6 Å². The minimum Gasteiger partial charge on any atom is -0.393 e. The topological polar surface area (TPSA) is 27.7 Å². The van der Waals surface area contributed by atoms with Crippen molar-refractivity contribution in [3.8, 4) is 0 Å². The zero-order valence-electron chi connectivity index (χ0n) is 13.2. The third-order valence-corrected chi connectivity index (χ3v) is 8.57. The number of hydrogen-bond donors (Lipinski definition) is 0. The van der Waals surface area contributed by atoms with Gasteiger partial charge in [0.1, 0.15) is 5.22 Å². The van der Waals surface area contributed by atoms with E-state index in [9.17, 15) is 13.2 Å². The summed E-state index contributed by atoms with van der Waals surface area (Å²) in [6.45, 7) is 6.83. The van der Waals surface area contributed by atoms with Crippen LogP contribution in [0.25, 0.3) is 0 Å². The normalized spacial score (nSPS) is 26.0. The van der Waals surface area contributed by atoms with Gasteiger partial charge in [-0.3, -0.25) is 0 Å². The molecular formula is C14H27F3O3Si. The molecule has 1 atom stereocenters. The number of halogens is 3. The Morgan fingerprint density at radius 2 is 1.62 bits per heavy atom. The standard InChI is InChI=1S/C14H27F3O3Si/c1-4-18-13(10-11-14(15,16)17)9-7-8-12-21(13,19-5-2)20-6-3/h4-12H2,1-3H3. The third kappa shape index (κ3) is 4.68. The van der Waals surface area contributed by atoms with Crippen molar-refractivity contribution >= 4 is 8.56 Å². The molecule has 1 saturated heterocycles. The van der Waals surface area contributed by atoms with E-state index >= 15 is 0 Å². The maximum absolute atomic E-state index is 12.7. The van der Waals surface area contributed by atoms with Crippen LogP contribution in [0.5, 0.6) is 0 Å². The van der Waals surface area contributed by atoms with Crippen LogP contribution in [0.15, 0.2) is 0 Å². The van der Waals surface area contributed by atoms with Crippen molar-refractivity contribution in [3.63, 3.8) is 0 Å². The summed E-state index contributed by atoms with van der Waals surface area (Å²) in [5, 5.41) is -0.873.